The Bertz CT molecular complexity index is 551. The molecule has 4 fully saturated rings. The molecule has 0 aromatic carbocycles. The highest BCUT2D eigenvalue weighted by atomic mass is 32.2. The van der Waals surface area contributed by atoms with Gasteiger partial charge in [-0.25, -0.2) is 0 Å². The minimum Gasteiger partial charge on any atom is -0.396 e. The number of rotatable bonds is 6. The number of nitrogens with one attached hydrogen (secondary N) is 1. The van der Waals surface area contributed by atoms with Crippen molar-refractivity contribution in [3.05, 3.63) is 0 Å². The van der Waals surface area contributed by atoms with Gasteiger partial charge in [0.1, 0.15) is 0 Å². The molecule has 0 amide bonds. The molecule has 2 bridgehead atoms. The minimum atomic E-state index is -3.48. The number of hydrogen-bond acceptors (Lipinski definition) is 4. The Morgan fingerprint density at radius 2 is 1.96 bits per heavy atom. The van der Waals surface area contributed by atoms with Gasteiger partial charge in [-0.3, -0.25) is 0 Å². The lowest BCUT2D eigenvalue weighted by atomic mass is 9.61. The Morgan fingerprint density at radius 1 is 1.21 bits per heavy atom. The van der Waals surface area contributed by atoms with E-state index in [4.69, 9.17) is 4.74 Å². The van der Waals surface area contributed by atoms with Crippen molar-refractivity contribution in [2.75, 3.05) is 26.4 Å². The lowest BCUT2D eigenvalue weighted by Crippen LogP contribution is -2.60. The third-order valence-electron chi connectivity index (χ3n) is 7.00. The second-order valence-electron chi connectivity index (χ2n) is 8.33. The molecule has 2 saturated heterocycles. The summed E-state index contributed by atoms with van der Waals surface area (Å²) in [5.74, 6) is 0.810. The van der Waals surface area contributed by atoms with Crippen molar-refractivity contribution in [2.24, 2.45) is 17.3 Å². The summed E-state index contributed by atoms with van der Waals surface area (Å²) in [7, 11) is -3.48. The fraction of sp³-hybridized carbons (Fsp3) is 1.00. The Morgan fingerprint density at radius 3 is 2.46 bits per heavy atom. The van der Waals surface area contributed by atoms with Crippen molar-refractivity contribution in [2.45, 2.75) is 63.5 Å². The van der Waals surface area contributed by atoms with Crippen molar-refractivity contribution in [3.63, 3.8) is 0 Å². The Kier molecular flexibility index (Phi) is 4.67. The second-order valence-corrected chi connectivity index (χ2v) is 9.98. The highest BCUT2D eigenvalue weighted by Crippen LogP contribution is 2.48. The van der Waals surface area contributed by atoms with Crippen LogP contribution in [0.1, 0.15) is 51.4 Å². The summed E-state index contributed by atoms with van der Waals surface area (Å²) in [6, 6.07) is 0.0265. The van der Waals surface area contributed by atoms with E-state index in [0.29, 0.717) is 25.7 Å². The normalized spacial score (nSPS) is 35.0. The maximum Gasteiger partial charge on any atom is 0.279 e. The van der Waals surface area contributed by atoms with E-state index in [0.717, 1.165) is 44.9 Å². The predicted octanol–water partition coefficient (Wildman–Crippen LogP) is 1.26. The Hall–Kier alpha value is -0.210. The molecule has 3 unspecified atom stereocenters. The fourth-order valence-corrected chi connectivity index (χ4v) is 7.26. The minimum absolute atomic E-state index is 0.0730. The molecule has 0 radical (unpaired) electrons. The molecule has 2 N–H and O–H groups in total. The van der Waals surface area contributed by atoms with Crippen LogP contribution in [0.25, 0.3) is 0 Å². The van der Waals surface area contributed by atoms with Gasteiger partial charge in [0, 0.05) is 37.3 Å². The van der Waals surface area contributed by atoms with Gasteiger partial charge < -0.3 is 9.84 Å². The lowest BCUT2D eigenvalue weighted by Gasteiger charge is -2.50. The van der Waals surface area contributed by atoms with E-state index in [1.54, 1.807) is 4.31 Å². The molecule has 24 heavy (non-hydrogen) atoms. The molecule has 138 valence electrons. The van der Waals surface area contributed by atoms with E-state index in [1.165, 1.54) is 6.42 Å². The molecule has 4 aliphatic rings. The SMILES string of the molecule is O=S(=O)(NC(C1CCOCC1)C1(CO)CCC1)N1CC2CCC1C2. The van der Waals surface area contributed by atoms with Gasteiger partial charge in [-0.15, -0.1) is 0 Å². The first-order valence-corrected chi connectivity index (χ1v) is 11.0. The molecule has 2 heterocycles. The van der Waals surface area contributed by atoms with Crippen LogP contribution in [0.2, 0.25) is 0 Å². The molecule has 7 heteroatoms. The summed E-state index contributed by atoms with van der Waals surface area (Å²) in [5, 5.41) is 10.0. The molecule has 6 nitrogen and oxygen atoms in total. The first kappa shape index (κ1) is 17.2. The predicted molar refractivity (Wildman–Crippen MR) is 90.6 cm³/mol. The average Bonchev–Trinajstić information content (AvgIpc) is 3.17. The van der Waals surface area contributed by atoms with Gasteiger partial charge >= 0.3 is 0 Å². The zero-order chi connectivity index (χ0) is 16.8. The quantitative estimate of drug-likeness (QED) is 0.749. The number of ether oxygens (including phenoxy) is 1. The van der Waals surface area contributed by atoms with Crippen LogP contribution in [0.3, 0.4) is 0 Å². The van der Waals surface area contributed by atoms with E-state index < -0.39 is 10.2 Å². The molecular weight excluding hydrogens is 328 g/mol. The zero-order valence-electron chi connectivity index (χ0n) is 14.3. The second kappa shape index (κ2) is 6.50. The first-order chi connectivity index (χ1) is 11.5. The summed E-state index contributed by atoms with van der Waals surface area (Å²) < 4.78 is 36.4. The van der Waals surface area contributed by atoms with Crippen LogP contribution in [-0.4, -0.2) is 56.3 Å². The van der Waals surface area contributed by atoms with Crippen molar-refractivity contribution in [3.8, 4) is 0 Å². The summed E-state index contributed by atoms with van der Waals surface area (Å²) in [6.07, 6.45) is 7.85. The third kappa shape index (κ3) is 2.92. The van der Waals surface area contributed by atoms with Crippen LogP contribution < -0.4 is 4.72 Å². The van der Waals surface area contributed by atoms with E-state index in [-0.39, 0.29) is 30.0 Å². The average molecular weight is 359 g/mol. The molecule has 2 saturated carbocycles. The molecular formula is C17H30N2O4S. The number of nitrogens with zero attached hydrogens (tertiary/aromatic N) is 1. The molecule has 3 atom stereocenters. The van der Waals surface area contributed by atoms with Crippen molar-refractivity contribution < 1.29 is 18.3 Å². The summed E-state index contributed by atoms with van der Waals surface area (Å²) >= 11 is 0. The largest absolute Gasteiger partial charge is 0.396 e. The van der Waals surface area contributed by atoms with Crippen molar-refractivity contribution in [1.82, 2.24) is 9.03 Å². The highest BCUT2D eigenvalue weighted by Gasteiger charge is 2.51. The Balaban J connectivity index is 1.54. The van der Waals surface area contributed by atoms with Crippen LogP contribution >= 0.6 is 0 Å². The topological polar surface area (TPSA) is 78.9 Å². The molecule has 2 aliphatic heterocycles. The van der Waals surface area contributed by atoms with E-state index in [2.05, 4.69) is 4.72 Å². The molecule has 0 spiro atoms. The number of hydrogen-bond donors (Lipinski definition) is 2. The zero-order valence-corrected chi connectivity index (χ0v) is 15.1. The van der Waals surface area contributed by atoms with Crippen LogP contribution in [0.4, 0.5) is 0 Å². The smallest absolute Gasteiger partial charge is 0.279 e. The van der Waals surface area contributed by atoms with Gasteiger partial charge in [0.2, 0.25) is 0 Å². The number of fused-ring (bicyclic) bond motifs is 2. The van der Waals surface area contributed by atoms with E-state index >= 15 is 0 Å². The van der Waals surface area contributed by atoms with E-state index in [1.807, 2.05) is 0 Å². The van der Waals surface area contributed by atoms with Crippen molar-refractivity contribution >= 4 is 10.2 Å². The Labute approximate surface area is 145 Å². The van der Waals surface area contributed by atoms with Crippen LogP contribution in [0, 0.1) is 17.3 Å². The van der Waals surface area contributed by atoms with Gasteiger partial charge in [0.25, 0.3) is 10.2 Å². The monoisotopic (exact) mass is 358 g/mol. The molecule has 0 aromatic rings. The summed E-state index contributed by atoms with van der Waals surface area (Å²) in [5.41, 5.74) is -0.270. The van der Waals surface area contributed by atoms with Gasteiger partial charge in [-0.2, -0.15) is 17.4 Å². The van der Waals surface area contributed by atoms with E-state index in [9.17, 15) is 13.5 Å². The molecule has 2 aliphatic carbocycles. The standard InChI is InChI=1S/C17H30N2O4S/c20-12-17(6-1-7-17)16(14-4-8-23-9-5-14)18-24(21,22)19-11-13-2-3-15(19)10-13/h13-16,18,20H,1-12H2. The number of aliphatic hydroxyl groups excluding tert-OH is 1. The summed E-state index contributed by atoms with van der Waals surface area (Å²) in [6.45, 7) is 2.13. The summed E-state index contributed by atoms with van der Waals surface area (Å²) in [4.78, 5) is 0. The maximum atomic E-state index is 13.1. The van der Waals surface area contributed by atoms with Crippen LogP contribution in [0.15, 0.2) is 0 Å². The van der Waals surface area contributed by atoms with Crippen LogP contribution in [0.5, 0.6) is 0 Å². The van der Waals surface area contributed by atoms with Crippen molar-refractivity contribution in [1.29, 1.82) is 0 Å². The number of aliphatic hydroxyl groups is 1. The maximum absolute atomic E-state index is 13.1. The van der Waals surface area contributed by atoms with Gasteiger partial charge in [0.05, 0.1) is 6.61 Å². The van der Waals surface area contributed by atoms with Gasteiger partial charge in [-0.1, -0.05) is 6.42 Å². The first-order valence-electron chi connectivity index (χ1n) is 9.52. The lowest BCUT2D eigenvalue weighted by molar-refractivity contribution is -0.0333. The molecule has 0 aromatic heterocycles. The van der Waals surface area contributed by atoms with Gasteiger partial charge in [-0.05, 0) is 56.8 Å². The van der Waals surface area contributed by atoms with Gasteiger partial charge in [0.15, 0.2) is 0 Å². The number of piperidine rings is 1. The van der Waals surface area contributed by atoms with Crippen LogP contribution in [-0.2, 0) is 14.9 Å². The fourth-order valence-electron chi connectivity index (χ4n) is 5.37. The highest BCUT2D eigenvalue weighted by molar-refractivity contribution is 7.87. The third-order valence-corrected chi connectivity index (χ3v) is 8.62. The molecule has 4 rings (SSSR count).